The van der Waals surface area contributed by atoms with Crippen LogP contribution in [-0.2, 0) is 6.42 Å². The van der Waals surface area contributed by atoms with E-state index in [9.17, 15) is 0 Å². The van der Waals surface area contributed by atoms with E-state index in [0.717, 1.165) is 11.4 Å². The molecule has 12 heavy (non-hydrogen) atoms. The average Bonchev–Trinajstić information content (AvgIpc) is 1.96. The van der Waals surface area contributed by atoms with Crippen molar-refractivity contribution in [2.45, 2.75) is 25.1 Å². The summed E-state index contributed by atoms with van der Waals surface area (Å²) in [5.41, 5.74) is 2.49. The highest BCUT2D eigenvalue weighted by Gasteiger charge is 2.03. The van der Waals surface area contributed by atoms with E-state index < -0.39 is 0 Å². The van der Waals surface area contributed by atoms with E-state index in [1.807, 2.05) is 12.1 Å². The first-order valence-electron chi connectivity index (χ1n) is 3.98. The van der Waals surface area contributed by atoms with Gasteiger partial charge >= 0.3 is 0 Å². The van der Waals surface area contributed by atoms with Crippen molar-refractivity contribution in [1.29, 1.82) is 0 Å². The lowest BCUT2D eigenvalue weighted by Gasteiger charge is -2.06. The van der Waals surface area contributed by atoms with Gasteiger partial charge < -0.3 is 0 Å². The molecule has 1 aromatic carbocycles. The molecular formula is C10H12BrCl. The second-order valence-electron chi connectivity index (χ2n) is 3.08. The number of halogens is 2. The molecule has 0 aromatic heterocycles. The third-order valence-corrected chi connectivity index (χ3v) is 2.39. The molecule has 1 rings (SSSR count). The summed E-state index contributed by atoms with van der Waals surface area (Å²) in [5, 5.41) is 0.868. The summed E-state index contributed by atoms with van der Waals surface area (Å²) in [5.74, 6) is 0. The van der Waals surface area contributed by atoms with E-state index in [0.29, 0.717) is 4.83 Å². The SMILES string of the molecule is Cc1ccc(Cl)c(CC(C)Br)c1. The van der Waals surface area contributed by atoms with Crippen LogP contribution >= 0.6 is 27.5 Å². The molecule has 0 fully saturated rings. The normalized spacial score (nSPS) is 13.0. The molecule has 0 aliphatic carbocycles. The third-order valence-electron chi connectivity index (χ3n) is 1.70. The minimum absolute atomic E-state index is 0.483. The monoisotopic (exact) mass is 246 g/mol. The van der Waals surface area contributed by atoms with Crippen molar-refractivity contribution in [3.8, 4) is 0 Å². The zero-order valence-corrected chi connectivity index (χ0v) is 9.61. The summed E-state index contributed by atoms with van der Waals surface area (Å²) in [4.78, 5) is 0.483. The number of hydrogen-bond donors (Lipinski definition) is 0. The summed E-state index contributed by atoms with van der Waals surface area (Å²) in [6.07, 6.45) is 0.987. The number of hydrogen-bond acceptors (Lipinski definition) is 0. The number of benzene rings is 1. The first-order valence-corrected chi connectivity index (χ1v) is 5.28. The maximum atomic E-state index is 6.02. The van der Waals surface area contributed by atoms with Gasteiger partial charge in [0.25, 0.3) is 0 Å². The zero-order chi connectivity index (χ0) is 9.14. The topological polar surface area (TPSA) is 0 Å². The average molecular weight is 248 g/mol. The fourth-order valence-electron chi connectivity index (χ4n) is 1.16. The molecule has 0 bridgehead atoms. The van der Waals surface area contributed by atoms with Gasteiger partial charge in [-0.15, -0.1) is 0 Å². The number of aryl methyl sites for hydroxylation is 1. The van der Waals surface area contributed by atoms with Gasteiger partial charge in [-0.05, 0) is 25.0 Å². The lowest BCUT2D eigenvalue weighted by Crippen LogP contribution is -1.97. The Kier molecular flexibility index (Phi) is 3.60. The fourth-order valence-corrected chi connectivity index (χ4v) is 1.71. The molecule has 0 N–H and O–H groups in total. The van der Waals surface area contributed by atoms with Crippen molar-refractivity contribution in [2.24, 2.45) is 0 Å². The molecule has 66 valence electrons. The van der Waals surface area contributed by atoms with Crippen molar-refractivity contribution in [2.75, 3.05) is 0 Å². The lowest BCUT2D eigenvalue weighted by atomic mass is 10.1. The van der Waals surface area contributed by atoms with Crippen LogP contribution in [0.3, 0.4) is 0 Å². The van der Waals surface area contributed by atoms with Crippen LogP contribution in [0.1, 0.15) is 18.1 Å². The predicted octanol–water partition coefficient (Wildman–Crippen LogP) is 3.97. The molecule has 0 saturated heterocycles. The molecule has 0 aliphatic rings. The standard InChI is InChI=1S/C10H12BrCl/c1-7-3-4-10(12)9(5-7)6-8(2)11/h3-5,8H,6H2,1-2H3. The van der Waals surface area contributed by atoms with Crippen molar-refractivity contribution in [3.63, 3.8) is 0 Å². The van der Waals surface area contributed by atoms with Crippen LogP contribution < -0.4 is 0 Å². The van der Waals surface area contributed by atoms with Crippen LogP contribution in [-0.4, -0.2) is 4.83 Å². The molecule has 0 saturated carbocycles. The Morgan fingerprint density at radius 3 is 2.75 bits per heavy atom. The second-order valence-corrected chi connectivity index (χ2v) is 5.05. The van der Waals surface area contributed by atoms with Crippen molar-refractivity contribution in [3.05, 3.63) is 34.3 Å². The number of alkyl halides is 1. The van der Waals surface area contributed by atoms with Gasteiger partial charge in [0.15, 0.2) is 0 Å². The van der Waals surface area contributed by atoms with E-state index in [4.69, 9.17) is 11.6 Å². The predicted molar refractivity (Wildman–Crippen MR) is 58.3 cm³/mol. The van der Waals surface area contributed by atoms with E-state index in [2.05, 4.69) is 35.8 Å². The molecule has 1 atom stereocenters. The van der Waals surface area contributed by atoms with E-state index in [1.165, 1.54) is 11.1 Å². The molecule has 0 heterocycles. The van der Waals surface area contributed by atoms with Gasteiger partial charge in [0.2, 0.25) is 0 Å². The summed E-state index contributed by atoms with van der Waals surface area (Å²) in [7, 11) is 0. The van der Waals surface area contributed by atoms with Gasteiger partial charge in [-0.1, -0.05) is 52.2 Å². The molecule has 0 aliphatic heterocycles. The van der Waals surface area contributed by atoms with Crippen LogP contribution in [0, 0.1) is 6.92 Å². The summed E-state index contributed by atoms with van der Waals surface area (Å²) < 4.78 is 0. The van der Waals surface area contributed by atoms with Gasteiger partial charge in [-0.2, -0.15) is 0 Å². The maximum Gasteiger partial charge on any atom is 0.0438 e. The Balaban J connectivity index is 2.90. The Morgan fingerprint density at radius 1 is 1.50 bits per heavy atom. The highest BCUT2D eigenvalue weighted by atomic mass is 79.9. The highest BCUT2D eigenvalue weighted by Crippen LogP contribution is 2.20. The van der Waals surface area contributed by atoms with Crippen LogP contribution in [0.25, 0.3) is 0 Å². The van der Waals surface area contributed by atoms with Gasteiger partial charge in [-0.25, -0.2) is 0 Å². The van der Waals surface area contributed by atoms with Gasteiger partial charge in [0.05, 0.1) is 0 Å². The Labute approximate surface area is 87.1 Å². The maximum absolute atomic E-state index is 6.02. The number of rotatable bonds is 2. The van der Waals surface area contributed by atoms with Gasteiger partial charge in [0.1, 0.15) is 0 Å². The summed E-state index contributed by atoms with van der Waals surface area (Å²) in [6, 6.07) is 6.13. The highest BCUT2D eigenvalue weighted by molar-refractivity contribution is 9.09. The Hall–Kier alpha value is -0.0100. The molecule has 2 heteroatoms. The van der Waals surface area contributed by atoms with E-state index >= 15 is 0 Å². The first-order chi connectivity index (χ1) is 5.59. The first kappa shape index (κ1) is 10.1. The van der Waals surface area contributed by atoms with Crippen molar-refractivity contribution in [1.82, 2.24) is 0 Å². The minimum atomic E-state index is 0.483. The molecule has 0 amide bonds. The summed E-state index contributed by atoms with van der Waals surface area (Å²) in [6.45, 7) is 4.21. The van der Waals surface area contributed by atoms with Crippen LogP contribution in [0.15, 0.2) is 18.2 Å². The fraction of sp³-hybridized carbons (Fsp3) is 0.400. The summed E-state index contributed by atoms with van der Waals surface area (Å²) >= 11 is 9.53. The van der Waals surface area contributed by atoms with Gasteiger partial charge in [-0.3, -0.25) is 0 Å². The van der Waals surface area contributed by atoms with Crippen LogP contribution in [0.5, 0.6) is 0 Å². The molecular weight excluding hydrogens is 235 g/mol. The molecule has 1 unspecified atom stereocenters. The largest absolute Gasteiger partial charge is 0.0890 e. The molecule has 0 nitrogen and oxygen atoms in total. The van der Waals surface area contributed by atoms with Crippen molar-refractivity contribution < 1.29 is 0 Å². The Morgan fingerprint density at radius 2 is 2.17 bits per heavy atom. The quantitative estimate of drug-likeness (QED) is 0.694. The zero-order valence-electron chi connectivity index (χ0n) is 7.27. The molecule has 0 radical (unpaired) electrons. The van der Waals surface area contributed by atoms with E-state index in [-0.39, 0.29) is 0 Å². The van der Waals surface area contributed by atoms with Crippen LogP contribution in [0.2, 0.25) is 5.02 Å². The van der Waals surface area contributed by atoms with E-state index in [1.54, 1.807) is 0 Å². The minimum Gasteiger partial charge on any atom is -0.0890 e. The lowest BCUT2D eigenvalue weighted by molar-refractivity contribution is 0.958. The Bertz CT molecular complexity index is 269. The van der Waals surface area contributed by atoms with Gasteiger partial charge in [0, 0.05) is 9.85 Å². The van der Waals surface area contributed by atoms with Crippen molar-refractivity contribution >= 4 is 27.5 Å². The molecule has 0 spiro atoms. The smallest absolute Gasteiger partial charge is 0.0438 e. The van der Waals surface area contributed by atoms with Crippen LogP contribution in [0.4, 0.5) is 0 Å². The molecule has 1 aromatic rings. The third kappa shape index (κ3) is 2.80. The second kappa shape index (κ2) is 4.29.